The second-order valence-electron chi connectivity index (χ2n) is 8.07. The summed E-state index contributed by atoms with van der Waals surface area (Å²) in [4.78, 5) is 34.0. The summed E-state index contributed by atoms with van der Waals surface area (Å²) in [5, 5.41) is 26.2. The minimum absolute atomic E-state index is 0.210. The lowest BCUT2D eigenvalue weighted by atomic mass is 9.88. The molecule has 1 heterocycles. The van der Waals surface area contributed by atoms with Crippen LogP contribution >= 0.6 is 0 Å². The zero-order valence-electron chi connectivity index (χ0n) is 18.7. The minimum atomic E-state index is -1.26. The fourth-order valence-corrected chi connectivity index (χ4v) is 3.99. The Labute approximate surface area is 194 Å². The van der Waals surface area contributed by atoms with Gasteiger partial charge in [0, 0.05) is 36.2 Å². The second kappa shape index (κ2) is 13.3. The van der Waals surface area contributed by atoms with Gasteiger partial charge in [-0.05, 0) is 31.9 Å². The summed E-state index contributed by atoms with van der Waals surface area (Å²) in [6.07, 6.45) is 5.18. The Bertz CT molecular complexity index is 912. The fourth-order valence-electron chi connectivity index (χ4n) is 3.99. The lowest BCUT2D eigenvalue weighted by Crippen LogP contribution is -2.45. The van der Waals surface area contributed by atoms with Crippen LogP contribution in [0, 0.1) is 0 Å². The number of aliphatic carboxylic acids is 2. The first-order chi connectivity index (χ1) is 15.8. The average molecular weight is 454 g/mol. The van der Waals surface area contributed by atoms with E-state index >= 15 is 0 Å². The molecular formula is C26H31NO6. The molecule has 1 aliphatic rings. The number of likely N-dealkylation sites (tertiary alicyclic amines) is 1. The molecular weight excluding hydrogens is 422 g/mol. The topological polar surface area (TPSA) is 115 Å². The van der Waals surface area contributed by atoms with Crippen LogP contribution in [0.1, 0.15) is 54.1 Å². The van der Waals surface area contributed by atoms with E-state index in [9.17, 15) is 19.5 Å². The largest absolute Gasteiger partial charge is 0.478 e. The number of aliphatic hydroxyl groups excluding tert-OH is 1. The van der Waals surface area contributed by atoms with E-state index in [2.05, 4.69) is 11.9 Å². The molecule has 3 atom stereocenters. The number of nitrogens with zero attached hydrogens (tertiary/aromatic N) is 1. The fraction of sp³-hybridized carbons (Fsp3) is 0.346. The van der Waals surface area contributed by atoms with Crippen molar-refractivity contribution in [3.8, 4) is 0 Å². The van der Waals surface area contributed by atoms with E-state index in [-0.39, 0.29) is 11.8 Å². The van der Waals surface area contributed by atoms with Gasteiger partial charge in [0.15, 0.2) is 5.78 Å². The van der Waals surface area contributed by atoms with Gasteiger partial charge in [-0.3, -0.25) is 9.69 Å². The van der Waals surface area contributed by atoms with Crippen LogP contribution < -0.4 is 0 Å². The van der Waals surface area contributed by atoms with Gasteiger partial charge >= 0.3 is 11.9 Å². The van der Waals surface area contributed by atoms with Gasteiger partial charge in [-0.1, -0.05) is 67.1 Å². The summed E-state index contributed by atoms with van der Waals surface area (Å²) in [6.45, 7) is 0. The molecule has 1 fully saturated rings. The van der Waals surface area contributed by atoms with Crippen LogP contribution in [0.3, 0.4) is 0 Å². The summed E-state index contributed by atoms with van der Waals surface area (Å²) in [5.41, 5.74) is 1.76. The normalized spacial score (nSPS) is 19.3. The quantitative estimate of drug-likeness (QED) is 0.409. The molecule has 3 unspecified atom stereocenters. The first kappa shape index (κ1) is 26.0. The Hall–Kier alpha value is -3.29. The van der Waals surface area contributed by atoms with Crippen LogP contribution in [0.5, 0.6) is 0 Å². The van der Waals surface area contributed by atoms with E-state index in [1.165, 1.54) is 0 Å². The van der Waals surface area contributed by atoms with Gasteiger partial charge in [0.2, 0.25) is 0 Å². The number of piperidine rings is 1. The number of hydrogen-bond acceptors (Lipinski definition) is 5. The van der Waals surface area contributed by atoms with Gasteiger partial charge in [-0.15, -0.1) is 0 Å². The SMILES string of the molecule is CN1C(CC(=O)c2ccccc2)CCCC1CC(O)c1ccccc1.O=C(O)/C=C\C(=O)O. The highest BCUT2D eigenvalue weighted by Crippen LogP contribution is 2.30. The number of ketones is 1. The number of Topliss-reactive ketones (excluding diaryl/α,β-unsaturated/α-hetero) is 1. The van der Waals surface area contributed by atoms with E-state index in [1.807, 2.05) is 60.7 Å². The molecule has 0 saturated carbocycles. The number of carboxylic acids is 2. The number of rotatable bonds is 8. The van der Waals surface area contributed by atoms with Crippen molar-refractivity contribution in [3.63, 3.8) is 0 Å². The number of carbonyl (C=O) groups excluding carboxylic acids is 1. The molecule has 0 radical (unpaired) electrons. The summed E-state index contributed by atoms with van der Waals surface area (Å²) >= 11 is 0. The molecule has 0 aliphatic carbocycles. The highest BCUT2D eigenvalue weighted by Gasteiger charge is 2.30. The predicted octanol–water partition coefficient (Wildman–Crippen LogP) is 3.95. The maximum Gasteiger partial charge on any atom is 0.328 e. The molecule has 0 spiro atoms. The summed E-state index contributed by atoms with van der Waals surface area (Å²) in [6, 6.07) is 20.0. The van der Waals surface area contributed by atoms with Crippen molar-refractivity contribution in [3.05, 3.63) is 83.9 Å². The smallest absolute Gasteiger partial charge is 0.328 e. The second-order valence-corrected chi connectivity index (χ2v) is 8.07. The van der Waals surface area contributed by atoms with Gasteiger partial charge in [0.05, 0.1) is 6.10 Å². The average Bonchev–Trinajstić information content (AvgIpc) is 2.82. The van der Waals surface area contributed by atoms with Crippen molar-refractivity contribution in [2.24, 2.45) is 0 Å². The Morgan fingerprint density at radius 1 is 0.909 bits per heavy atom. The van der Waals surface area contributed by atoms with Crippen molar-refractivity contribution in [1.82, 2.24) is 4.90 Å². The number of carboxylic acid groups (broad SMARTS) is 2. The highest BCUT2D eigenvalue weighted by molar-refractivity contribution is 5.96. The van der Waals surface area contributed by atoms with Gasteiger partial charge in [0.25, 0.3) is 0 Å². The summed E-state index contributed by atoms with van der Waals surface area (Å²) in [5.74, 6) is -2.30. The first-order valence-electron chi connectivity index (χ1n) is 10.9. The molecule has 1 aliphatic heterocycles. The maximum atomic E-state index is 12.5. The zero-order valence-corrected chi connectivity index (χ0v) is 18.7. The van der Waals surface area contributed by atoms with Gasteiger partial charge in [-0.25, -0.2) is 9.59 Å². The molecule has 0 amide bonds. The third-order valence-corrected chi connectivity index (χ3v) is 5.79. The van der Waals surface area contributed by atoms with Gasteiger partial charge in [0.1, 0.15) is 0 Å². The maximum absolute atomic E-state index is 12.5. The Balaban J connectivity index is 0.000000414. The molecule has 176 valence electrons. The molecule has 0 aromatic heterocycles. The number of hydrogen-bond donors (Lipinski definition) is 3. The van der Waals surface area contributed by atoms with Crippen LogP contribution in [0.2, 0.25) is 0 Å². The number of aliphatic hydroxyl groups is 1. The molecule has 0 bridgehead atoms. The van der Waals surface area contributed by atoms with E-state index in [0.717, 1.165) is 36.8 Å². The van der Waals surface area contributed by atoms with Crippen LogP contribution in [0.4, 0.5) is 0 Å². The zero-order chi connectivity index (χ0) is 24.2. The Morgan fingerprint density at radius 3 is 1.97 bits per heavy atom. The molecule has 1 saturated heterocycles. The lowest BCUT2D eigenvalue weighted by molar-refractivity contribution is -0.134. The van der Waals surface area contributed by atoms with Crippen LogP contribution in [0.25, 0.3) is 0 Å². The van der Waals surface area contributed by atoms with Crippen molar-refractivity contribution in [1.29, 1.82) is 0 Å². The molecule has 33 heavy (non-hydrogen) atoms. The van der Waals surface area contributed by atoms with Crippen molar-refractivity contribution in [2.45, 2.75) is 50.3 Å². The first-order valence-corrected chi connectivity index (χ1v) is 10.9. The lowest BCUT2D eigenvalue weighted by Gasteiger charge is -2.40. The number of benzene rings is 2. The van der Waals surface area contributed by atoms with E-state index in [1.54, 1.807) is 0 Å². The molecule has 2 aromatic carbocycles. The van der Waals surface area contributed by atoms with Crippen molar-refractivity contribution in [2.75, 3.05) is 7.05 Å². The molecule has 3 rings (SSSR count). The highest BCUT2D eigenvalue weighted by atomic mass is 16.4. The minimum Gasteiger partial charge on any atom is -0.478 e. The Kier molecular flexibility index (Phi) is 10.5. The van der Waals surface area contributed by atoms with Crippen molar-refractivity contribution < 1.29 is 29.7 Å². The summed E-state index contributed by atoms with van der Waals surface area (Å²) in [7, 11) is 2.10. The predicted molar refractivity (Wildman–Crippen MR) is 125 cm³/mol. The van der Waals surface area contributed by atoms with Crippen molar-refractivity contribution >= 4 is 17.7 Å². The van der Waals surface area contributed by atoms with Gasteiger partial charge < -0.3 is 15.3 Å². The van der Waals surface area contributed by atoms with Crippen LogP contribution in [0.15, 0.2) is 72.8 Å². The Morgan fingerprint density at radius 2 is 1.42 bits per heavy atom. The molecule has 7 heteroatoms. The van der Waals surface area contributed by atoms with E-state index < -0.39 is 18.0 Å². The monoisotopic (exact) mass is 453 g/mol. The molecule has 7 nitrogen and oxygen atoms in total. The standard InChI is InChI=1S/C22H27NO2.C4H4O4/c1-23-19(15-21(24)17-9-4-2-5-10-17)13-8-14-20(23)16-22(25)18-11-6-3-7-12-18;5-3(6)1-2-4(7)8/h2-7,9-12,19-21,24H,8,13-16H2,1H3;1-2H,(H,5,6)(H,7,8)/b;2-1-. The van der Waals surface area contributed by atoms with E-state index in [4.69, 9.17) is 10.2 Å². The summed E-state index contributed by atoms with van der Waals surface area (Å²) < 4.78 is 0. The third-order valence-electron chi connectivity index (χ3n) is 5.79. The third kappa shape index (κ3) is 9.00. The van der Waals surface area contributed by atoms with Gasteiger partial charge in [-0.2, -0.15) is 0 Å². The van der Waals surface area contributed by atoms with Crippen LogP contribution in [-0.4, -0.2) is 57.1 Å². The molecule has 3 N–H and O–H groups in total. The van der Waals surface area contributed by atoms with Crippen LogP contribution in [-0.2, 0) is 9.59 Å². The van der Waals surface area contributed by atoms with E-state index in [0.29, 0.717) is 24.6 Å². The molecule has 2 aromatic rings. The number of carbonyl (C=O) groups is 3.